The Morgan fingerprint density at radius 3 is 2.67 bits per heavy atom. The average molecular weight is 298 g/mol. The lowest BCUT2D eigenvalue weighted by molar-refractivity contribution is -0.137. The Hall–Kier alpha value is -1.59. The molecule has 120 valence electrons. The van der Waals surface area contributed by atoms with Crippen LogP contribution in [0.15, 0.2) is 0 Å². The van der Waals surface area contributed by atoms with Crippen LogP contribution in [0.3, 0.4) is 0 Å². The highest BCUT2D eigenvalue weighted by atomic mass is 16.4. The SMILES string of the molecule is CCCC(CCNC(=O)CN1CCCC1=O)CCC(=O)O. The number of nitrogens with one attached hydrogen (secondary N) is 1. The molecule has 0 aromatic rings. The van der Waals surface area contributed by atoms with E-state index >= 15 is 0 Å². The Kier molecular flexibility index (Phi) is 7.79. The predicted molar refractivity (Wildman–Crippen MR) is 78.7 cm³/mol. The molecule has 0 aromatic carbocycles. The number of carbonyl (C=O) groups is 3. The van der Waals surface area contributed by atoms with E-state index in [4.69, 9.17) is 5.11 Å². The van der Waals surface area contributed by atoms with E-state index in [1.807, 2.05) is 0 Å². The fraction of sp³-hybridized carbons (Fsp3) is 0.800. The van der Waals surface area contributed by atoms with E-state index in [1.165, 1.54) is 0 Å². The molecule has 1 aliphatic rings. The Morgan fingerprint density at radius 1 is 1.33 bits per heavy atom. The van der Waals surface area contributed by atoms with Crippen molar-refractivity contribution in [1.29, 1.82) is 0 Å². The lowest BCUT2D eigenvalue weighted by Crippen LogP contribution is -2.38. The molecule has 21 heavy (non-hydrogen) atoms. The molecule has 1 atom stereocenters. The fourth-order valence-corrected chi connectivity index (χ4v) is 2.69. The standard InChI is InChI=1S/C15H26N2O4/c1-2-4-12(6-7-15(20)21)8-9-16-13(18)11-17-10-3-5-14(17)19/h12H,2-11H2,1H3,(H,16,18)(H,20,21). The minimum Gasteiger partial charge on any atom is -0.481 e. The zero-order valence-electron chi connectivity index (χ0n) is 12.8. The lowest BCUT2D eigenvalue weighted by Gasteiger charge is -2.17. The van der Waals surface area contributed by atoms with Crippen LogP contribution in [0.5, 0.6) is 0 Å². The van der Waals surface area contributed by atoms with Crippen molar-refractivity contribution in [1.82, 2.24) is 10.2 Å². The van der Waals surface area contributed by atoms with Crippen LogP contribution in [0.2, 0.25) is 0 Å². The Balaban J connectivity index is 2.20. The number of carboxylic acid groups (broad SMARTS) is 1. The van der Waals surface area contributed by atoms with Crippen molar-refractivity contribution in [2.45, 2.75) is 51.9 Å². The molecule has 2 amide bonds. The number of aliphatic carboxylic acids is 1. The van der Waals surface area contributed by atoms with Crippen LogP contribution in [0.25, 0.3) is 0 Å². The molecule has 6 nitrogen and oxygen atoms in total. The maximum absolute atomic E-state index is 11.8. The van der Waals surface area contributed by atoms with Crippen molar-refractivity contribution in [2.24, 2.45) is 5.92 Å². The number of hydrogen-bond acceptors (Lipinski definition) is 3. The molecule has 1 fully saturated rings. The van der Waals surface area contributed by atoms with Crippen LogP contribution in [-0.4, -0.2) is 47.4 Å². The normalized spacial score (nSPS) is 16.0. The van der Waals surface area contributed by atoms with Crippen LogP contribution < -0.4 is 5.32 Å². The molecule has 0 aromatic heterocycles. The molecule has 0 radical (unpaired) electrons. The second kappa shape index (κ2) is 9.37. The molecule has 1 saturated heterocycles. The van der Waals surface area contributed by atoms with Gasteiger partial charge in [-0.3, -0.25) is 14.4 Å². The molecule has 1 unspecified atom stereocenters. The minimum absolute atomic E-state index is 0.0514. The first-order valence-corrected chi connectivity index (χ1v) is 7.79. The maximum Gasteiger partial charge on any atom is 0.303 e. The van der Waals surface area contributed by atoms with E-state index in [9.17, 15) is 14.4 Å². The zero-order chi connectivity index (χ0) is 15.7. The minimum atomic E-state index is -0.771. The smallest absolute Gasteiger partial charge is 0.303 e. The van der Waals surface area contributed by atoms with Gasteiger partial charge in [0, 0.05) is 25.9 Å². The van der Waals surface area contributed by atoms with Gasteiger partial charge in [0.2, 0.25) is 11.8 Å². The van der Waals surface area contributed by atoms with Gasteiger partial charge in [-0.05, 0) is 25.2 Å². The molecule has 1 heterocycles. The van der Waals surface area contributed by atoms with Crippen LogP contribution in [0, 0.1) is 5.92 Å². The second-order valence-corrected chi connectivity index (χ2v) is 5.64. The zero-order valence-corrected chi connectivity index (χ0v) is 12.8. The van der Waals surface area contributed by atoms with Crippen molar-refractivity contribution in [3.63, 3.8) is 0 Å². The van der Waals surface area contributed by atoms with E-state index in [-0.39, 0.29) is 24.8 Å². The average Bonchev–Trinajstić information content (AvgIpc) is 2.81. The number of rotatable bonds is 10. The number of nitrogens with zero attached hydrogens (tertiary/aromatic N) is 1. The van der Waals surface area contributed by atoms with E-state index in [1.54, 1.807) is 4.90 Å². The lowest BCUT2D eigenvalue weighted by atomic mass is 9.94. The highest BCUT2D eigenvalue weighted by Gasteiger charge is 2.22. The molecule has 0 saturated carbocycles. The van der Waals surface area contributed by atoms with Gasteiger partial charge < -0.3 is 15.3 Å². The molecule has 6 heteroatoms. The van der Waals surface area contributed by atoms with Crippen molar-refractivity contribution in [2.75, 3.05) is 19.6 Å². The van der Waals surface area contributed by atoms with Gasteiger partial charge in [0.25, 0.3) is 0 Å². The predicted octanol–water partition coefficient (Wildman–Crippen LogP) is 1.40. The summed E-state index contributed by atoms with van der Waals surface area (Å²) in [5.41, 5.74) is 0. The van der Waals surface area contributed by atoms with E-state index in [2.05, 4.69) is 12.2 Å². The first-order chi connectivity index (χ1) is 10.0. The van der Waals surface area contributed by atoms with Crippen molar-refractivity contribution < 1.29 is 19.5 Å². The largest absolute Gasteiger partial charge is 0.481 e. The second-order valence-electron chi connectivity index (χ2n) is 5.64. The van der Waals surface area contributed by atoms with Crippen molar-refractivity contribution in [3.05, 3.63) is 0 Å². The third-order valence-electron chi connectivity index (χ3n) is 3.84. The van der Waals surface area contributed by atoms with E-state index in [0.717, 1.165) is 25.7 Å². The summed E-state index contributed by atoms with van der Waals surface area (Å²) in [6, 6.07) is 0. The quantitative estimate of drug-likeness (QED) is 0.638. The Bertz CT molecular complexity index is 371. The van der Waals surface area contributed by atoms with Gasteiger partial charge in [-0.15, -0.1) is 0 Å². The number of carbonyl (C=O) groups excluding carboxylic acids is 2. The van der Waals surface area contributed by atoms with Crippen molar-refractivity contribution in [3.8, 4) is 0 Å². The van der Waals surface area contributed by atoms with E-state index in [0.29, 0.717) is 31.8 Å². The summed E-state index contributed by atoms with van der Waals surface area (Å²) in [7, 11) is 0. The number of likely N-dealkylation sites (tertiary alicyclic amines) is 1. The summed E-state index contributed by atoms with van der Waals surface area (Å²) in [5, 5.41) is 11.5. The van der Waals surface area contributed by atoms with Gasteiger partial charge in [0.15, 0.2) is 0 Å². The summed E-state index contributed by atoms with van der Waals surface area (Å²) < 4.78 is 0. The van der Waals surface area contributed by atoms with Crippen LogP contribution >= 0.6 is 0 Å². The third-order valence-corrected chi connectivity index (χ3v) is 3.84. The Labute approximate surface area is 125 Å². The summed E-state index contributed by atoms with van der Waals surface area (Å²) in [5.74, 6) is -0.512. The number of amides is 2. The maximum atomic E-state index is 11.8. The molecule has 2 N–H and O–H groups in total. The highest BCUT2D eigenvalue weighted by molar-refractivity contribution is 5.85. The van der Waals surface area contributed by atoms with Gasteiger partial charge in [-0.25, -0.2) is 0 Å². The molecule has 0 bridgehead atoms. The molecule has 1 aliphatic heterocycles. The molecular weight excluding hydrogens is 272 g/mol. The van der Waals surface area contributed by atoms with E-state index < -0.39 is 5.97 Å². The summed E-state index contributed by atoms with van der Waals surface area (Å²) in [6.07, 6.45) is 5.00. The van der Waals surface area contributed by atoms with Gasteiger partial charge in [-0.1, -0.05) is 19.8 Å². The van der Waals surface area contributed by atoms with Gasteiger partial charge in [-0.2, -0.15) is 0 Å². The summed E-state index contributed by atoms with van der Waals surface area (Å²) in [4.78, 5) is 35.4. The third kappa shape index (κ3) is 7.11. The van der Waals surface area contributed by atoms with Crippen molar-refractivity contribution >= 4 is 17.8 Å². The fourth-order valence-electron chi connectivity index (χ4n) is 2.69. The number of carboxylic acids is 1. The molecule has 0 spiro atoms. The van der Waals surface area contributed by atoms with Crippen LogP contribution in [0.4, 0.5) is 0 Å². The Morgan fingerprint density at radius 2 is 2.10 bits per heavy atom. The monoisotopic (exact) mass is 298 g/mol. The van der Waals surface area contributed by atoms with Gasteiger partial charge in [0.05, 0.1) is 6.54 Å². The number of hydrogen-bond donors (Lipinski definition) is 2. The first kappa shape index (κ1) is 17.5. The molecule has 0 aliphatic carbocycles. The summed E-state index contributed by atoms with van der Waals surface area (Å²) >= 11 is 0. The van der Waals surface area contributed by atoms with Crippen LogP contribution in [-0.2, 0) is 14.4 Å². The first-order valence-electron chi connectivity index (χ1n) is 7.79. The van der Waals surface area contributed by atoms with Gasteiger partial charge in [0.1, 0.15) is 0 Å². The summed E-state index contributed by atoms with van der Waals surface area (Å²) in [6.45, 7) is 3.44. The molecule has 1 rings (SSSR count). The van der Waals surface area contributed by atoms with Gasteiger partial charge >= 0.3 is 5.97 Å². The highest BCUT2D eigenvalue weighted by Crippen LogP contribution is 2.17. The topological polar surface area (TPSA) is 86.7 Å². The molecular formula is C15H26N2O4. The van der Waals surface area contributed by atoms with Crippen LogP contribution in [0.1, 0.15) is 51.9 Å².